The number of esters is 1. The summed E-state index contributed by atoms with van der Waals surface area (Å²) >= 11 is 0. The molecule has 9 nitrogen and oxygen atoms in total. The van der Waals surface area contributed by atoms with Crippen molar-refractivity contribution in [1.82, 2.24) is 14.5 Å². The molecule has 0 atom stereocenters. The van der Waals surface area contributed by atoms with Crippen LogP contribution in [0.3, 0.4) is 0 Å². The van der Waals surface area contributed by atoms with E-state index in [1.807, 2.05) is 48.5 Å². The molecular formula is C27H23N5O4. The number of hydrogen-bond donors (Lipinski definition) is 2. The molecule has 0 fully saturated rings. The molecule has 0 saturated heterocycles. The minimum absolute atomic E-state index is 0.198. The summed E-state index contributed by atoms with van der Waals surface area (Å²) in [6.45, 7) is 0.808. The lowest BCUT2D eigenvalue weighted by Gasteiger charge is -2.11. The second kappa shape index (κ2) is 10.1. The van der Waals surface area contributed by atoms with E-state index in [1.165, 1.54) is 13.3 Å². The number of carbonyl (C=O) groups excluding carboxylic acids is 2. The Morgan fingerprint density at radius 2 is 1.92 bits per heavy atom. The third-order valence-corrected chi connectivity index (χ3v) is 5.67. The minimum Gasteiger partial charge on any atom is -0.467 e. The number of rotatable bonds is 8. The van der Waals surface area contributed by atoms with Gasteiger partial charge in [0.05, 0.1) is 43.1 Å². The van der Waals surface area contributed by atoms with Gasteiger partial charge in [0.1, 0.15) is 11.4 Å². The summed E-state index contributed by atoms with van der Waals surface area (Å²) in [5.41, 5.74) is 3.07. The number of amides is 1. The van der Waals surface area contributed by atoms with Gasteiger partial charge in [0.25, 0.3) is 5.91 Å². The van der Waals surface area contributed by atoms with Gasteiger partial charge in [-0.2, -0.15) is 0 Å². The van der Waals surface area contributed by atoms with Gasteiger partial charge in [0, 0.05) is 24.3 Å². The van der Waals surface area contributed by atoms with E-state index in [0.29, 0.717) is 41.1 Å². The average molecular weight is 482 g/mol. The normalized spacial score (nSPS) is 10.8. The van der Waals surface area contributed by atoms with Crippen molar-refractivity contribution in [3.63, 3.8) is 0 Å². The molecule has 2 N–H and O–H groups in total. The molecule has 0 spiro atoms. The van der Waals surface area contributed by atoms with Crippen molar-refractivity contribution in [3.8, 4) is 0 Å². The Balaban J connectivity index is 1.62. The molecule has 0 saturated carbocycles. The maximum Gasteiger partial charge on any atom is 0.356 e. The summed E-state index contributed by atoms with van der Waals surface area (Å²) in [5, 5.41) is 6.76. The Bertz CT molecular complexity index is 1500. The second-order valence-electron chi connectivity index (χ2n) is 8.01. The van der Waals surface area contributed by atoms with Gasteiger partial charge in [-0.1, -0.05) is 30.3 Å². The summed E-state index contributed by atoms with van der Waals surface area (Å²) in [6.07, 6.45) is 6.34. The lowest BCUT2D eigenvalue weighted by Crippen LogP contribution is -2.17. The Morgan fingerprint density at radius 1 is 1.06 bits per heavy atom. The first kappa shape index (κ1) is 22.9. The quantitative estimate of drug-likeness (QED) is 0.308. The standard InChI is InChI=1S/C27H23N5O4/c1-35-27(34)24-23(31-26(33)19-9-5-11-28-14-19)22-13-20(29-16-21-10-6-12-36-21)15-30-25(22)32(24)17-18-7-3-2-4-8-18/h2-15,29H,16-17H2,1H3,(H,31,33). The van der Waals surface area contributed by atoms with Gasteiger partial charge in [-0.05, 0) is 35.9 Å². The first-order chi connectivity index (χ1) is 17.6. The number of furan rings is 1. The smallest absolute Gasteiger partial charge is 0.356 e. The fourth-order valence-corrected chi connectivity index (χ4v) is 3.96. The Hall–Kier alpha value is -4.92. The molecule has 4 heterocycles. The van der Waals surface area contributed by atoms with Crippen LogP contribution >= 0.6 is 0 Å². The second-order valence-corrected chi connectivity index (χ2v) is 8.01. The zero-order valence-electron chi connectivity index (χ0n) is 19.5. The molecule has 0 radical (unpaired) electrons. The van der Waals surface area contributed by atoms with Gasteiger partial charge < -0.3 is 24.4 Å². The summed E-state index contributed by atoms with van der Waals surface area (Å²) in [7, 11) is 1.31. The molecule has 1 amide bonds. The van der Waals surface area contributed by atoms with Crippen LogP contribution in [0, 0.1) is 0 Å². The lowest BCUT2D eigenvalue weighted by atomic mass is 10.2. The molecule has 0 aliphatic carbocycles. The van der Waals surface area contributed by atoms with Crippen molar-refractivity contribution in [3.05, 3.63) is 108 Å². The summed E-state index contributed by atoms with van der Waals surface area (Å²) < 4.78 is 12.3. The van der Waals surface area contributed by atoms with E-state index in [9.17, 15) is 9.59 Å². The highest BCUT2D eigenvalue weighted by Crippen LogP contribution is 2.33. The fourth-order valence-electron chi connectivity index (χ4n) is 3.96. The molecule has 9 heteroatoms. The highest BCUT2D eigenvalue weighted by Gasteiger charge is 2.26. The van der Waals surface area contributed by atoms with Crippen molar-refractivity contribution in [2.45, 2.75) is 13.1 Å². The third kappa shape index (κ3) is 4.67. The van der Waals surface area contributed by atoms with Gasteiger partial charge in [-0.25, -0.2) is 9.78 Å². The first-order valence-corrected chi connectivity index (χ1v) is 11.3. The highest BCUT2D eigenvalue weighted by atomic mass is 16.5. The van der Waals surface area contributed by atoms with E-state index in [4.69, 9.17) is 9.15 Å². The minimum atomic E-state index is -0.587. The number of hydrogen-bond acceptors (Lipinski definition) is 7. The number of nitrogens with one attached hydrogen (secondary N) is 2. The van der Waals surface area contributed by atoms with Crippen LogP contribution in [-0.2, 0) is 17.8 Å². The number of benzene rings is 1. The van der Waals surface area contributed by atoms with Gasteiger partial charge in [0.2, 0.25) is 0 Å². The number of carbonyl (C=O) groups is 2. The van der Waals surface area contributed by atoms with Gasteiger partial charge >= 0.3 is 5.97 Å². The van der Waals surface area contributed by atoms with Crippen molar-refractivity contribution >= 4 is 34.3 Å². The Morgan fingerprint density at radius 3 is 2.64 bits per heavy atom. The number of fused-ring (bicyclic) bond motifs is 1. The maximum atomic E-state index is 13.1. The number of pyridine rings is 2. The molecule has 180 valence electrons. The molecule has 36 heavy (non-hydrogen) atoms. The van der Waals surface area contributed by atoms with Crippen LogP contribution in [0.5, 0.6) is 0 Å². The molecule has 1 aromatic carbocycles. The average Bonchev–Trinajstić information content (AvgIpc) is 3.55. The molecule has 4 aromatic heterocycles. The van der Waals surface area contributed by atoms with Crippen LogP contribution in [0.4, 0.5) is 11.4 Å². The lowest BCUT2D eigenvalue weighted by molar-refractivity contribution is 0.0591. The largest absolute Gasteiger partial charge is 0.467 e. The fraction of sp³-hybridized carbons (Fsp3) is 0.111. The van der Waals surface area contributed by atoms with Crippen molar-refractivity contribution in [2.75, 3.05) is 17.7 Å². The molecule has 0 aliphatic rings. The van der Waals surface area contributed by atoms with E-state index in [2.05, 4.69) is 20.6 Å². The number of nitrogens with zero attached hydrogens (tertiary/aromatic N) is 3. The monoisotopic (exact) mass is 481 g/mol. The molecule has 5 rings (SSSR count). The van der Waals surface area contributed by atoms with E-state index in [0.717, 1.165) is 11.3 Å². The number of aromatic nitrogens is 3. The SMILES string of the molecule is COC(=O)c1c(NC(=O)c2cccnc2)c2cc(NCc3ccco3)cnc2n1Cc1ccccc1. The van der Waals surface area contributed by atoms with Gasteiger partial charge in [0.15, 0.2) is 5.69 Å². The van der Waals surface area contributed by atoms with Crippen molar-refractivity contribution < 1.29 is 18.7 Å². The van der Waals surface area contributed by atoms with E-state index < -0.39 is 11.9 Å². The summed E-state index contributed by atoms with van der Waals surface area (Å²) in [5.74, 6) is -0.228. The zero-order chi connectivity index (χ0) is 24.9. The van der Waals surface area contributed by atoms with E-state index in [-0.39, 0.29) is 5.69 Å². The predicted molar refractivity (Wildman–Crippen MR) is 135 cm³/mol. The molecule has 5 aromatic rings. The van der Waals surface area contributed by atoms with Crippen LogP contribution in [0.15, 0.2) is 89.9 Å². The number of anilines is 2. The van der Waals surface area contributed by atoms with Crippen molar-refractivity contribution in [2.24, 2.45) is 0 Å². The highest BCUT2D eigenvalue weighted by molar-refractivity contribution is 6.14. The Kier molecular flexibility index (Phi) is 6.44. The Labute approximate surface area is 206 Å². The van der Waals surface area contributed by atoms with Crippen molar-refractivity contribution in [1.29, 1.82) is 0 Å². The summed E-state index contributed by atoms with van der Waals surface area (Å²) in [4.78, 5) is 34.8. The zero-order valence-corrected chi connectivity index (χ0v) is 19.5. The molecule has 0 aliphatic heterocycles. The predicted octanol–water partition coefficient (Wildman–Crippen LogP) is 4.72. The van der Waals surface area contributed by atoms with Crippen LogP contribution in [0.25, 0.3) is 11.0 Å². The first-order valence-electron chi connectivity index (χ1n) is 11.3. The van der Waals surface area contributed by atoms with Gasteiger partial charge in [-0.15, -0.1) is 0 Å². The molecule has 0 unspecified atom stereocenters. The van der Waals surface area contributed by atoms with E-state index >= 15 is 0 Å². The number of ether oxygens (including phenoxy) is 1. The third-order valence-electron chi connectivity index (χ3n) is 5.67. The molecule has 0 bridgehead atoms. The molecular weight excluding hydrogens is 458 g/mol. The topological polar surface area (TPSA) is 111 Å². The van der Waals surface area contributed by atoms with Crippen LogP contribution < -0.4 is 10.6 Å². The van der Waals surface area contributed by atoms with Crippen LogP contribution in [0.1, 0.15) is 32.2 Å². The van der Waals surface area contributed by atoms with Crippen LogP contribution in [-0.4, -0.2) is 33.5 Å². The summed E-state index contributed by atoms with van der Waals surface area (Å²) in [6, 6.07) is 18.5. The number of methoxy groups -OCH3 is 1. The van der Waals surface area contributed by atoms with E-state index in [1.54, 1.807) is 35.4 Å². The van der Waals surface area contributed by atoms with Crippen LogP contribution in [0.2, 0.25) is 0 Å². The van der Waals surface area contributed by atoms with Gasteiger partial charge in [-0.3, -0.25) is 9.78 Å². The maximum absolute atomic E-state index is 13.1.